The highest BCUT2D eigenvalue weighted by Crippen LogP contribution is 2.53. The van der Waals surface area contributed by atoms with Crippen LogP contribution in [0, 0.1) is 6.92 Å². The number of hydrogen-bond acceptors (Lipinski definition) is 8. The van der Waals surface area contributed by atoms with Crippen molar-refractivity contribution in [2.45, 2.75) is 37.0 Å². The van der Waals surface area contributed by atoms with Gasteiger partial charge in [-0.15, -0.1) is 0 Å². The Morgan fingerprint density at radius 3 is 2.13 bits per heavy atom. The monoisotopic (exact) mass is 712 g/mol. The maximum Gasteiger partial charge on any atom is 0.131 e. The molecule has 8 nitrogen and oxygen atoms in total. The van der Waals surface area contributed by atoms with Crippen molar-refractivity contribution < 1.29 is 18.6 Å². The van der Waals surface area contributed by atoms with Crippen LogP contribution in [0.3, 0.4) is 0 Å². The van der Waals surface area contributed by atoms with Crippen molar-refractivity contribution in [3.8, 4) is 11.5 Å². The van der Waals surface area contributed by atoms with Crippen LogP contribution in [0.4, 0.5) is 11.5 Å². The molecule has 3 N–H and O–H groups in total. The number of aryl methyl sites for hydroxylation is 1. The van der Waals surface area contributed by atoms with Gasteiger partial charge in [0.05, 0.1) is 34.9 Å². The van der Waals surface area contributed by atoms with Gasteiger partial charge in [-0.25, -0.2) is 4.98 Å². The molecule has 52 heavy (non-hydrogen) atoms. The number of pyridine rings is 1. The Kier molecular flexibility index (Phi) is 9.61. The van der Waals surface area contributed by atoms with E-state index in [9.17, 15) is 9.11 Å². The molecule has 0 bridgehead atoms. The predicted molar refractivity (Wildman–Crippen MR) is 211 cm³/mol. The summed E-state index contributed by atoms with van der Waals surface area (Å²) in [6, 6.07) is 44.9. The van der Waals surface area contributed by atoms with Gasteiger partial charge in [-0.2, -0.15) is 10.6 Å². The lowest BCUT2D eigenvalue weighted by Crippen LogP contribution is -2.65. The Balaban J connectivity index is 1.09. The lowest BCUT2D eigenvalue weighted by atomic mass is 9.92. The molecule has 1 saturated heterocycles. The molecule has 0 radical (unpaired) electrons. The molecule has 0 unspecified atom stereocenters. The SMILES string of the molecule is Cc1ccc2nc(N3CCS(O)(O)c4cc(Oc5ccccc5)ccc4C3)cc(NCC3(N(Cc4ccccc4)Cc4ccccc4)COC3)c2c1. The number of hydrogen-bond donors (Lipinski definition) is 3. The van der Waals surface area contributed by atoms with Crippen molar-refractivity contribution in [2.75, 3.05) is 42.3 Å². The number of para-hydroxylation sites is 1. The number of aromatic nitrogens is 1. The van der Waals surface area contributed by atoms with Crippen LogP contribution in [-0.2, 0) is 24.4 Å². The summed E-state index contributed by atoms with van der Waals surface area (Å²) in [5.74, 6) is 2.25. The fraction of sp³-hybridized carbons (Fsp3) is 0.233. The number of fused-ring (bicyclic) bond motifs is 2. The molecular formula is C43H44N4O4S. The van der Waals surface area contributed by atoms with Gasteiger partial charge < -0.3 is 19.7 Å². The molecule has 0 saturated carbocycles. The van der Waals surface area contributed by atoms with Crippen molar-refractivity contribution in [3.63, 3.8) is 0 Å². The number of anilines is 2. The Bertz CT molecular complexity index is 2100. The number of benzene rings is 5. The zero-order valence-corrected chi connectivity index (χ0v) is 30.1. The largest absolute Gasteiger partial charge is 0.457 e. The van der Waals surface area contributed by atoms with E-state index in [1.807, 2.05) is 42.5 Å². The van der Waals surface area contributed by atoms with E-state index in [-0.39, 0.29) is 11.3 Å². The number of ether oxygens (including phenoxy) is 2. The summed E-state index contributed by atoms with van der Waals surface area (Å²) in [7, 11) is -3.06. The van der Waals surface area contributed by atoms with Gasteiger partial charge in [0.1, 0.15) is 17.3 Å². The van der Waals surface area contributed by atoms with E-state index < -0.39 is 10.6 Å². The molecule has 0 aliphatic carbocycles. The molecule has 1 fully saturated rings. The first kappa shape index (κ1) is 34.2. The first-order valence-corrected chi connectivity index (χ1v) is 19.5. The van der Waals surface area contributed by atoms with E-state index in [2.05, 4.69) is 107 Å². The zero-order chi connectivity index (χ0) is 35.5. The average Bonchev–Trinajstić information content (AvgIpc) is 3.27. The average molecular weight is 713 g/mol. The number of rotatable bonds is 11. The second-order valence-electron chi connectivity index (χ2n) is 13.9. The first-order chi connectivity index (χ1) is 25.3. The third-order valence-electron chi connectivity index (χ3n) is 10.1. The van der Waals surface area contributed by atoms with Gasteiger partial charge in [0, 0.05) is 55.9 Å². The topological polar surface area (TPSA) is 90.3 Å². The van der Waals surface area contributed by atoms with E-state index in [1.165, 1.54) is 11.1 Å². The first-order valence-electron chi connectivity index (χ1n) is 17.8. The van der Waals surface area contributed by atoms with E-state index in [0.717, 1.165) is 46.6 Å². The number of nitrogens with zero attached hydrogens (tertiary/aromatic N) is 3. The van der Waals surface area contributed by atoms with Crippen LogP contribution in [-0.4, -0.2) is 56.6 Å². The Labute approximate surface area is 307 Å². The lowest BCUT2D eigenvalue weighted by molar-refractivity contribution is -0.140. The van der Waals surface area contributed by atoms with E-state index in [1.54, 1.807) is 6.07 Å². The van der Waals surface area contributed by atoms with Crippen LogP contribution < -0.4 is 15.0 Å². The van der Waals surface area contributed by atoms with Gasteiger partial charge in [0.15, 0.2) is 0 Å². The summed E-state index contributed by atoms with van der Waals surface area (Å²) >= 11 is 0. The van der Waals surface area contributed by atoms with Crippen LogP contribution in [0.15, 0.2) is 138 Å². The molecule has 1 aromatic heterocycles. The van der Waals surface area contributed by atoms with Gasteiger partial charge in [-0.3, -0.25) is 14.0 Å². The van der Waals surface area contributed by atoms with Crippen LogP contribution in [0.2, 0.25) is 0 Å². The third kappa shape index (κ3) is 7.37. The maximum absolute atomic E-state index is 11.4. The molecule has 5 aromatic carbocycles. The zero-order valence-electron chi connectivity index (χ0n) is 29.3. The highest BCUT2D eigenvalue weighted by molar-refractivity contribution is 8.24. The van der Waals surface area contributed by atoms with E-state index in [4.69, 9.17) is 14.5 Å². The highest BCUT2D eigenvalue weighted by atomic mass is 32.3. The summed E-state index contributed by atoms with van der Waals surface area (Å²) in [6.07, 6.45) is 0. The molecule has 8 rings (SSSR count). The van der Waals surface area contributed by atoms with Gasteiger partial charge in [-0.05, 0) is 53.9 Å². The smallest absolute Gasteiger partial charge is 0.131 e. The van der Waals surface area contributed by atoms with Gasteiger partial charge >= 0.3 is 0 Å². The Morgan fingerprint density at radius 1 is 0.808 bits per heavy atom. The summed E-state index contributed by atoms with van der Waals surface area (Å²) in [5.41, 5.74) is 6.21. The molecule has 9 heteroatoms. The van der Waals surface area contributed by atoms with Gasteiger partial charge in [-0.1, -0.05) is 96.6 Å². The standard InChI is InChI=1S/C43H44N4O4S/c1-32-17-20-39-38(23-32)40(44-29-43(30-50-31-43)47(26-33-11-5-2-6-12-33)27-34-13-7-3-8-14-34)25-42(45-39)46-21-22-52(48,49)41-24-37(19-18-35(41)28-46)51-36-15-9-4-10-16-36/h2-20,23-25,48-49H,21-22,26-31H2,1H3,(H,44,45). The number of nitrogens with one attached hydrogen (secondary N) is 1. The fourth-order valence-electron chi connectivity index (χ4n) is 7.11. The molecule has 3 heterocycles. The van der Waals surface area contributed by atoms with Crippen molar-refractivity contribution in [3.05, 3.63) is 156 Å². The minimum Gasteiger partial charge on any atom is -0.457 e. The predicted octanol–water partition coefficient (Wildman–Crippen LogP) is 9.35. The molecule has 0 spiro atoms. The molecule has 2 aliphatic rings. The quantitative estimate of drug-likeness (QED) is 0.123. The Hall–Kier alpha value is -4.90. The van der Waals surface area contributed by atoms with E-state index >= 15 is 0 Å². The lowest BCUT2D eigenvalue weighted by Gasteiger charge is -2.50. The van der Waals surface area contributed by atoms with Crippen LogP contribution in [0.25, 0.3) is 10.9 Å². The Morgan fingerprint density at radius 2 is 1.48 bits per heavy atom. The van der Waals surface area contributed by atoms with Crippen molar-refractivity contribution in [2.24, 2.45) is 0 Å². The second kappa shape index (κ2) is 14.6. The normalized spacial score (nSPS) is 16.8. The third-order valence-corrected chi connectivity index (χ3v) is 11.9. The molecule has 0 amide bonds. The molecule has 0 atom stereocenters. The molecule has 6 aromatic rings. The summed E-state index contributed by atoms with van der Waals surface area (Å²) in [4.78, 5) is 10.4. The molecule has 266 valence electrons. The van der Waals surface area contributed by atoms with Crippen LogP contribution in [0.5, 0.6) is 11.5 Å². The van der Waals surface area contributed by atoms with Crippen molar-refractivity contribution in [1.29, 1.82) is 0 Å². The van der Waals surface area contributed by atoms with E-state index in [0.29, 0.717) is 49.2 Å². The fourth-order valence-corrected chi connectivity index (χ4v) is 8.66. The van der Waals surface area contributed by atoms with Gasteiger partial charge in [0.25, 0.3) is 0 Å². The molecular weight excluding hydrogens is 669 g/mol. The van der Waals surface area contributed by atoms with Crippen LogP contribution >= 0.6 is 10.6 Å². The summed E-state index contributed by atoms with van der Waals surface area (Å²) < 4.78 is 34.8. The summed E-state index contributed by atoms with van der Waals surface area (Å²) in [6.45, 7) is 6.59. The maximum atomic E-state index is 11.4. The van der Waals surface area contributed by atoms with Gasteiger partial charge in [0.2, 0.25) is 0 Å². The minimum absolute atomic E-state index is 0.194. The second-order valence-corrected chi connectivity index (χ2v) is 16.1. The highest BCUT2D eigenvalue weighted by Gasteiger charge is 2.44. The van der Waals surface area contributed by atoms with Crippen molar-refractivity contribution >= 4 is 33.0 Å². The van der Waals surface area contributed by atoms with Crippen LogP contribution in [0.1, 0.15) is 22.3 Å². The minimum atomic E-state index is -3.06. The van der Waals surface area contributed by atoms with Crippen molar-refractivity contribution in [1.82, 2.24) is 9.88 Å². The summed E-state index contributed by atoms with van der Waals surface area (Å²) in [5, 5.41) is 4.93. The molecule has 2 aliphatic heterocycles.